The molecule has 6 nitrogen and oxygen atoms in total. The molecule has 0 saturated carbocycles. The molecule has 0 spiro atoms. The van der Waals surface area contributed by atoms with Crippen molar-refractivity contribution in [3.63, 3.8) is 0 Å². The van der Waals surface area contributed by atoms with Gasteiger partial charge in [-0.1, -0.05) is 0 Å². The van der Waals surface area contributed by atoms with Gasteiger partial charge in [0.15, 0.2) is 6.61 Å². The highest BCUT2D eigenvalue weighted by molar-refractivity contribution is 5.76. The quantitative estimate of drug-likeness (QED) is 0.494. The molecule has 1 aromatic carbocycles. The lowest BCUT2D eigenvalue weighted by Crippen LogP contribution is -2.20. The number of nitrogens with zero attached hydrogens (tertiary/aromatic N) is 1. The Balaban J connectivity index is 3.14. The average molecular weight is 265 g/mol. The second-order valence-electron chi connectivity index (χ2n) is 3.51. The molecule has 9 heteroatoms. The highest BCUT2D eigenvalue weighted by atomic mass is 19.4. The van der Waals surface area contributed by atoms with Gasteiger partial charge in [-0.2, -0.15) is 13.2 Å². The van der Waals surface area contributed by atoms with E-state index < -0.39 is 23.4 Å². The first-order valence-corrected chi connectivity index (χ1v) is 4.66. The van der Waals surface area contributed by atoms with E-state index in [9.17, 15) is 23.3 Å². The van der Waals surface area contributed by atoms with Crippen molar-refractivity contribution < 1.29 is 22.8 Å². The Morgan fingerprint density at radius 1 is 1.44 bits per heavy atom. The predicted molar refractivity (Wildman–Crippen MR) is 58.2 cm³/mol. The second kappa shape index (κ2) is 4.59. The van der Waals surface area contributed by atoms with Gasteiger partial charge in [-0.25, -0.2) is 0 Å². The number of nitro benzene ring substituents is 1. The highest BCUT2D eigenvalue weighted by Crippen LogP contribution is 2.37. The summed E-state index contributed by atoms with van der Waals surface area (Å²) < 4.78 is 40.4. The van der Waals surface area contributed by atoms with Crippen LogP contribution in [-0.4, -0.2) is 17.7 Å². The summed E-state index contributed by atoms with van der Waals surface area (Å²) >= 11 is 0. The number of hydrogen-bond donors (Lipinski definition) is 2. The van der Waals surface area contributed by atoms with Gasteiger partial charge < -0.3 is 16.2 Å². The molecule has 1 aromatic rings. The Hall–Kier alpha value is -2.19. The zero-order valence-corrected chi connectivity index (χ0v) is 9.25. The SMILES string of the molecule is Cc1c(N)c(OCC(F)(F)F)cc(N)c1[N+](=O)[O-]. The minimum absolute atomic E-state index is 0.0304. The number of ether oxygens (including phenoxy) is 1. The number of nitro groups is 1. The van der Waals surface area contributed by atoms with Crippen LogP contribution >= 0.6 is 0 Å². The van der Waals surface area contributed by atoms with Crippen LogP contribution in [0.2, 0.25) is 0 Å². The molecule has 0 radical (unpaired) electrons. The van der Waals surface area contributed by atoms with Gasteiger partial charge in [0, 0.05) is 6.07 Å². The lowest BCUT2D eigenvalue weighted by atomic mass is 10.1. The third-order valence-electron chi connectivity index (χ3n) is 2.16. The maximum Gasteiger partial charge on any atom is 0.422 e. The van der Waals surface area contributed by atoms with Crippen LogP contribution in [0.3, 0.4) is 0 Å². The Labute approximate surface area is 99.5 Å². The van der Waals surface area contributed by atoms with Crippen molar-refractivity contribution in [2.45, 2.75) is 13.1 Å². The number of nitrogen functional groups attached to an aromatic ring is 2. The standard InChI is InChI=1S/C9H10F3N3O3/c1-4-7(14)6(18-3-9(10,11)12)2-5(13)8(4)15(16)17/h2H,3,13-14H2,1H3. The van der Waals surface area contributed by atoms with Crippen LogP contribution < -0.4 is 16.2 Å². The van der Waals surface area contributed by atoms with Crippen molar-refractivity contribution in [1.82, 2.24) is 0 Å². The van der Waals surface area contributed by atoms with Gasteiger partial charge in [0.2, 0.25) is 0 Å². The zero-order valence-electron chi connectivity index (χ0n) is 9.25. The number of anilines is 2. The first kappa shape index (κ1) is 13.9. The van der Waals surface area contributed by atoms with E-state index in [4.69, 9.17) is 11.5 Å². The Morgan fingerprint density at radius 2 is 2.00 bits per heavy atom. The van der Waals surface area contributed by atoms with E-state index in [-0.39, 0.29) is 22.7 Å². The van der Waals surface area contributed by atoms with E-state index in [1.165, 1.54) is 6.92 Å². The summed E-state index contributed by atoms with van der Waals surface area (Å²) in [6, 6.07) is 0.909. The maximum absolute atomic E-state index is 12.0. The summed E-state index contributed by atoms with van der Waals surface area (Å²) in [4.78, 5) is 9.92. The van der Waals surface area contributed by atoms with Crippen LogP contribution in [0.4, 0.5) is 30.2 Å². The number of halogens is 3. The maximum atomic E-state index is 12.0. The molecule has 18 heavy (non-hydrogen) atoms. The zero-order chi connectivity index (χ0) is 14.1. The van der Waals surface area contributed by atoms with Gasteiger partial charge in [0.25, 0.3) is 5.69 Å². The fourth-order valence-electron chi connectivity index (χ4n) is 1.34. The van der Waals surface area contributed by atoms with Crippen LogP contribution in [0.5, 0.6) is 5.75 Å². The monoisotopic (exact) mass is 265 g/mol. The summed E-state index contributed by atoms with van der Waals surface area (Å²) in [5.74, 6) is -0.326. The van der Waals surface area contributed by atoms with Gasteiger partial charge >= 0.3 is 6.18 Å². The van der Waals surface area contributed by atoms with Crippen molar-refractivity contribution >= 4 is 17.1 Å². The van der Waals surface area contributed by atoms with E-state index >= 15 is 0 Å². The molecule has 100 valence electrons. The van der Waals surface area contributed by atoms with Gasteiger partial charge in [-0.15, -0.1) is 0 Å². The Bertz CT molecular complexity index is 488. The molecule has 0 fully saturated rings. The van der Waals surface area contributed by atoms with Crippen molar-refractivity contribution in [1.29, 1.82) is 0 Å². The number of nitrogens with two attached hydrogens (primary N) is 2. The van der Waals surface area contributed by atoms with Gasteiger partial charge in [0.05, 0.1) is 16.2 Å². The summed E-state index contributed by atoms with van der Waals surface area (Å²) in [6.45, 7) is -0.266. The molecule has 0 atom stereocenters. The highest BCUT2D eigenvalue weighted by Gasteiger charge is 2.30. The minimum Gasteiger partial charge on any atom is -0.482 e. The van der Waals surface area contributed by atoms with Crippen LogP contribution in [0.25, 0.3) is 0 Å². The van der Waals surface area contributed by atoms with Crippen LogP contribution in [0.1, 0.15) is 5.56 Å². The molecule has 0 saturated heterocycles. The van der Waals surface area contributed by atoms with Crippen molar-refractivity contribution in [2.75, 3.05) is 18.1 Å². The van der Waals surface area contributed by atoms with E-state index in [0.29, 0.717) is 0 Å². The third-order valence-corrected chi connectivity index (χ3v) is 2.16. The van der Waals surface area contributed by atoms with Gasteiger partial charge in [-0.3, -0.25) is 10.1 Å². The molecule has 0 aromatic heterocycles. The molecule has 0 amide bonds. The van der Waals surface area contributed by atoms with E-state index in [0.717, 1.165) is 6.07 Å². The second-order valence-corrected chi connectivity index (χ2v) is 3.51. The van der Waals surface area contributed by atoms with Crippen LogP contribution in [-0.2, 0) is 0 Å². The first-order chi connectivity index (χ1) is 8.13. The molecular weight excluding hydrogens is 255 g/mol. The summed E-state index contributed by atoms with van der Waals surface area (Å²) in [5.41, 5.74) is 9.83. The van der Waals surface area contributed by atoms with Gasteiger partial charge in [0.1, 0.15) is 11.4 Å². The largest absolute Gasteiger partial charge is 0.482 e. The summed E-state index contributed by atoms with van der Waals surface area (Å²) in [7, 11) is 0. The number of benzene rings is 1. The van der Waals surface area contributed by atoms with E-state index in [1.807, 2.05) is 0 Å². The molecule has 4 N–H and O–H groups in total. The Kier molecular flexibility index (Phi) is 3.54. The van der Waals surface area contributed by atoms with E-state index in [1.54, 1.807) is 0 Å². The average Bonchev–Trinajstić information content (AvgIpc) is 2.19. The molecule has 1 rings (SSSR count). The number of hydrogen-bond acceptors (Lipinski definition) is 5. The fraction of sp³-hybridized carbons (Fsp3) is 0.333. The summed E-state index contributed by atoms with van der Waals surface area (Å²) in [5, 5.41) is 10.7. The van der Waals surface area contributed by atoms with Crippen LogP contribution in [0, 0.1) is 17.0 Å². The minimum atomic E-state index is -4.53. The predicted octanol–water partition coefficient (Wildman–Crippen LogP) is 2.01. The third kappa shape index (κ3) is 2.93. The molecule has 0 heterocycles. The molecule has 0 aliphatic heterocycles. The fourth-order valence-corrected chi connectivity index (χ4v) is 1.34. The topological polar surface area (TPSA) is 104 Å². The molecule has 0 aliphatic rings. The first-order valence-electron chi connectivity index (χ1n) is 4.66. The van der Waals surface area contributed by atoms with E-state index in [2.05, 4.69) is 4.74 Å². The van der Waals surface area contributed by atoms with Crippen molar-refractivity contribution in [2.24, 2.45) is 0 Å². The normalized spacial score (nSPS) is 11.3. The lowest BCUT2D eigenvalue weighted by molar-refractivity contribution is -0.384. The number of alkyl halides is 3. The molecule has 0 aliphatic carbocycles. The van der Waals surface area contributed by atoms with Crippen molar-refractivity contribution in [3.05, 3.63) is 21.7 Å². The molecular formula is C9H10F3N3O3. The Morgan fingerprint density at radius 3 is 2.44 bits per heavy atom. The van der Waals surface area contributed by atoms with Gasteiger partial charge in [-0.05, 0) is 6.92 Å². The van der Waals surface area contributed by atoms with Crippen molar-refractivity contribution in [3.8, 4) is 5.75 Å². The smallest absolute Gasteiger partial charge is 0.422 e. The van der Waals surface area contributed by atoms with Crippen LogP contribution in [0.15, 0.2) is 6.07 Å². The number of rotatable bonds is 3. The lowest BCUT2D eigenvalue weighted by Gasteiger charge is -2.13. The molecule has 0 unspecified atom stereocenters. The summed E-state index contributed by atoms with van der Waals surface area (Å²) in [6.07, 6.45) is -4.53. The molecule has 0 bridgehead atoms.